The van der Waals surface area contributed by atoms with Crippen molar-refractivity contribution in [1.82, 2.24) is 15.5 Å². The molecule has 2 rings (SSSR count). The number of benzene rings is 1. The van der Waals surface area contributed by atoms with Crippen molar-refractivity contribution in [2.75, 3.05) is 0 Å². The molecule has 7 heteroatoms. The molecule has 0 aliphatic heterocycles. The number of phenolic OH excluding ortho intramolecular Hbond substituents is 2. The number of aromatic nitrogens is 2. The van der Waals surface area contributed by atoms with E-state index in [1.54, 1.807) is 6.92 Å². The zero-order valence-electron chi connectivity index (χ0n) is 9.54. The molecule has 3 N–H and O–H groups in total. The maximum absolute atomic E-state index is 11.7. The first-order chi connectivity index (χ1) is 8.56. The highest BCUT2D eigenvalue weighted by Crippen LogP contribution is 2.22. The Morgan fingerprint density at radius 2 is 2.22 bits per heavy atom. The standard InChI is InChI=1S/C11H11N3O4/c1-6-13-10(14-18-6)5-12-11(17)8-3-2-7(15)4-9(8)16/h2-4,15-16H,5H2,1H3,(H,12,17). The van der Waals surface area contributed by atoms with Gasteiger partial charge < -0.3 is 20.1 Å². The fourth-order valence-electron chi connectivity index (χ4n) is 1.38. The molecule has 0 aliphatic rings. The Morgan fingerprint density at radius 1 is 1.44 bits per heavy atom. The number of amides is 1. The van der Waals surface area contributed by atoms with Crippen molar-refractivity contribution in [2.24, 2.45) is 0 Å². The van der Waals surface area contributed by atoms with Crippen molar-refractivity contribution in [3.63, 3.8) is 0 Å². The van der Waals surface area contributed by atoms with E-state index in [0.717, 1.165) is 6.07 Å². The van der Waals surface area contributed by atoms with Crippen LogP contribution in [0.2, 0.25) is 0 Å². The zero-order chi connectivity index (χ0) is 13.1. The minimum absolute atomic E-state index is 0.0630. The summed E-state index contributed by atoms with van der Waals surface area (Å²) in [5, 5.41) is 24.7. The van der Waals surface area contributed by atoms with Crippen molar-refractivity contribution in [2.45, 2.75) is 13.5 Å². The van der Waals surface area contributed by atoms with E-state index in [-0.39, 0.29) is 23.6 Å². The zero-order valence-corrected chi connectivity index (χ0v) is 9.54. The van der Waals surface area contributed by atoms with Crippen LogP contribution in [0.15, 0.2) is 22.7 Å². The first kappa shape index (κ1) is 11.9. The quantitative estimate of drug-likeness (QED) is 0.739. The van der Waals surface area contributed by atoms with Gasteiger partial charge in [-0.2, -0.15) is 4.98 Å². The lowest BCUT2D eigenvalue weighted by Crippen LogP contribution is -2.23. The molecule has 0 radical (unpaired) electrons. The number of aryl methyl sites for hydroxylation is 1. The van der Waals surface area contributed by atoms with Crippen LogP contribution in [0.25, 0.3) is 0 Å². The van der Waals surface area contributed by atoms with Gasteiger partial charge in [0, 0.05) is 13.0 Å². The van der Waals surface area contributed by atoms with Gasteiger partial charge in [0.1, 0.15) is 11.5 Å². The van der Waals surface area contributed by atoms with Crippen LogP contribution < -0.4 is 5.32 Å². The summed E-state index contributed by atoms with van der Waals surface area (Å²) in [6, 6.07) is 3.72. The normalized spacial score (nSPS) is 10.3. The molecule has 0 aliphatic carbocycles. The molecular weight excluding hydrogens is 238 g/mol. The van der Waals surface area contributed by atoms with Gasteiger partial charge in [-0.05, 0) is 12.1 Å². The molecule has 1 amide bonds. The summed E-state index contributed by atoms with van der Waals surface area (Å²) >= 11 is 0. The molecule has 0 spiro atoms. The third-order valence-corrected chi connectivity index (χ3v) is 2.20. The van der Waals surface area contributed by atoms with Crippen LogP contribution in [0.1, 0.15) is 22.1 Å². The van der Waals surface area contributed by atoms with Crippen LogP contribution in [0, 0.1) is 6.92 Å². The van der Waals surface area contributed by atoms with Gasteiger partial charge in [-0.3, -0.25) is 4.79 Å². The molecule has 0 fully saturated rings. The van der Waals surface area contributed by atoms with Crippen LogP contribution in [-0.4, -0.2) is 26.3 Å². The fraction of sp³-hybridized carbons (Fsp3) is 0.182. The molecule has 1 aromatic carbocycles. The number of rotatable bonds is 3. The molecule has 0 saturated carbocycles. The van der Waals surface area contributed by atoms with Gasteiger partial charge in [0.05, 0.1) is 12.1 Å². The van der Waals surface area contributed by atoms with Gasteiger partial charge >= 0.3 is 0 Å². The minimum atomic E-state index is -0.491. The van der Waals surface area contributed by atoms with E-state index in [1.165, 1.54) is 12.1 Å². The molecule has 1 heterocycles. The number of aromatic hydroxyl groups is 2. The van der Waals surface area contributed by atoms with Gasteiger partial charge in [0.2, 0.25) is 5.89 Å². The van der Waals surface area contributed by atoms with E-state index in [1.807, 2.05) is 0 Å². The Balaban J connectivity index is 2.03. The first-order valence-electron chi connectivity index (χ1n) is 5.15. The number of hydrogen-bond donors (Lipinski definition) is 3. The maximum Gasteiger partial charge on any atom is 0.255 e. The summed E-state index contributed by atoms with van der Waals surface area (Å²) in [6.07, 6.45) is 0. The Hall–Kier alpha value is -2.57. The second-order valence-electron chi connectivity index (χ2n) is 3.61. The highest BCUT2D eigenvalue weighted by atomic mass is 16.5. The van der Waals surface area contributed by atoms with Crippen LogP contribution in [0.4, 0.5) is 0 Å². The van der Waals surface area contributed by atoms with E-state index in [4.69, 9.17) is 9.63 Å². The predicted molar refractivity (Wildman–Crippen MR) is 60.0 cm³/mol. The van der Waals surface area contributed by atoms with Gasteiger partial charge in [-0.25, -0.2) is 0 Å². The van der Waals surface area contributed by atoms with Gasteiger partial charge in [-0.1, -0.05) is 5.16 Å². The molecule has 0 atom stereocenters. The molecule has 1 aromatic heterocycles. The molecule has 7 nitrogen and oxygen atoms in total. The number of nitrogens with one attached hydrogen (secondary N) is 1. The van der Waals surface area contributed by atoms with Crippen molar-refractivity contribution < 1.29 is 19.5 Å². The van der Waals surface area contributed by atoms with Crippen LogP contribution in [0.3, 0.4) is 0 Å². The smallest absolute Gasteiger partial charge is 0.255 e. The third kappa shape index (κ3) is 2.57. The largest absolute Gasteiger partial charge is 0.508 e. The summed E-state index contributed by atoms with van der Waals surface area (Å²) in [5.41, 5.74) is 0.0630. The summed E-state index contributed by atoms with van der Waals surface area (Å²) in [4.78, 5) is 15.6. The summed E-state index contributed by atoms with van der Waals surface area (Å²) < 4.78 is 4.75. The summed E-state index contributed by atoms with van der Waals surface area (Å²) in [7, 11) is 0. The maximum atomic E-state index is 11.7. The summed E-state index contributed by atoms with van der Waals surface area (Å²) in [6.45, 7) is 1.74. The predicted octanol–water partition coefficient (Wildman–Crippen LogP) is 0.719. The highest BCUT2D eigenvalue weighted by molar-refractivity contribution is 5.96. The number of nitrogens with zero attached hydrogens (tertiary/aromatic N) is 2. The van der Waals surface area contributed by atoms with E-state index in [9.17, 15) is 9.90 Å². The first-order valence-corrected chi connectivity index (χ1v) is 5.15. The molecule has 0 unspecified atom stereocenters. The van der Waals surface area contributed by atoms with Crippen molar-refractivity contribution >= 4 is 5.91 Å². The molecular formula is C11H11N3O4. The Morgan fingerprint density at radius 3 is 2.83 bits per heavy atom. The fourth-order valence-corrected chi connectivity index (χ4v) is 1.38. The van der Waals surface area contributed by atoms with Crippen LogP contribution in [-0.2, 0) is 6.54 Å². The van der Waals surface area contributed by atoms with E-state index < -0.39 is 5.91 Å². The molecule has 2 aromatic rings. The lowest BCUT2D eigenvalue weighted by molar-refractivity contribution is 0.0947. The molecule has 18 heavy (non-hydrogen) atoms. The SMILES string of the molecule is Cc1nc(CNC(=O)c2ccc(O)cc2O)no1. The molecule has 0 bridgehead atoms. The van der Waals surface area contributed by atoms with Crippen molar-refractivity contribution in [3.8, 4) is 11.5 Å². The number of carbonyl (C=O) groups excluding carboxylic acids is 1. The summed E-state index contributed by atoms with van der Waals surface area (Å²) in [5.74, 6) is -0.143. The second kappa shape index (κ2) is 4.74. The average Bonchev–Trinajstić information content (AvgIpc) is 2.72. The van der Waals surface area contributed by atoms with Crippen molar-refractivity contribution in [3.05, 3.63) is 35.5 Å². The van der Waals surface area contributed by atoms with Crippen molar-refractivity contribution in [1.29, 1.82) is 0 Å². The highest BCUT2D eigenvalue weighted by Gasteiger charge is 2.12. The van der Waals surface area contributed by atoms with Gasteiger partial charge in [-0.15, -0.1) is 0 Å². The Bertz CT molecular complexity index is 579. The molecule has 0 saturated heterocycles. The number of carbonyl (C=O) groups is 1. The van der Waals surface area contributed by atoms with E-state index in [0.29, 0.717) is 11.7 Å². The average molecular weight is 249 g/mol. The Kier molecular flexibility index (Phi) is 3.13. The van der Waals surface area contributed by atoms with Gasteiger partial charge in [0.25, 0.3) is 5.91 Å². The monoisotopic (exact) mass is 249 g/mol. The van der Waals surface area contributed by atoms with Gasteiger partial charge in [0.15, 0.2) is 5.82 Å². The second-order valence-corrected chi connectivity index (χ2v) is 3.61. The van der Waals surface area contributed by atoms with Crippen LogP contribution in [0.5, 0.6) is 11.5 Å². The van der Waals surface area contributed by atoms with E-state index >= 15 is 0 Å². The lowest BCUT2D eigenvalue weighted by atomic mass is 10.2. The number of phenols is 2. The lowest BCUT2D eigenvalue weighted by Gasteiger charge is -2.05. The minimum Gasteiger partial charge on any atom is -0.508 e. The van der Waals surface area contributed by atoms with E-state index in [2.05, 4.69) is 15.5 Å². The molecule has 94 valence electrons. The third-order valence-electron chi connectivity index (χ3n) is 2.20. The Labute approximate surface area is 102 Å². The van der Waals surface area contributed by atoms with Crippen LogP contribution >= 0.6 is 0 Å². The number of hydrogen-bond acceptors (Lipinski definition) is 6. The topological polar surface area (TPSA) is 108 Å².